The average Bonchev–Trinajstić information content (AvgIpc) is 3.38. The third kappa shape index (κ3) is 57.9. The lowest BCUT2D eigenvalue weighted by Crippen LogP contribution is -2.30. The summed E-state index contributed by atoms with van der Waals surface area (Å²) in [5.74, 6) is 1.81. The molecule has 0 aliphatic carbocycles. The van der Waals surface area contributed by atoms with E-state index < -0.39 is 6.10 Å². The number of hydrogen-bond acceptors (Lipinski definition) is 6. The maximum absolute atomic E-state index is 12.9. The highest BCUT2D eigenvalue weighted by Crippen LogP contribution is 2.20. The van der Waals surface area contributed by atoms with E-state index in [0.717, 1.165) is 75.5 Å². The predicted octanol–water partition coefficient (Wildman–Crippen LogP) is 22.2. The fraction of sp³-hybridized carbons (Fsp3) is 0.955. The van der Waals surface area contributed by atoms with Gasteiger partial charge in [0.2, 0.25) is 0 Å². The molecule has 0 rings (SSSR count). The van der Waals surface area contributed by atoms with Crippen LogP contribution >= 0.6 is 0 Å². The minimum absolute atomic E-state index is 0.0623. The van der Waals surface area contributed by atoms with Crippen LogP contribution in [0.25, 0.3) is 0 Å². The van der Waals surface area contributed by atoms with Gasteiger partial charge in [-0.05, 0) is 37.0 Å². The summed E-state index contributed by atoms with van der Waals surface area (Å²) in [6.07, 6.45) is 63.8. The summed E-state index contributed by atoms with van der Waals surface area (Å²) < 4.78 is 17.0. The smallest absolute Gasteiger partial charge is 0.306 e. The summed E-state index contributed by atoms with van der Waals surface area (Å²) >= 11 is 0. The highest BCUT2D eigenvalue weighted by atomic mass is 16.6. The van der Waals surface area contributed by atoms with Crippen molar-refractivity contribution < 1.29 is 28.6 Å². The number of carbonyl (C=O) groups excluding carboxylic acids is 3. The van der Waals surface area contributed by atoms with Gasteiger partial charge >= 0.3 is 17.9 Å². The number of esters is 3. The summed E-state index contributed by atoms with van der Waals surface area (Å²) in [6.45, 7) is 13.9. The zero-order valence-electron chi connectivity index (χ0n) is 50.4. The summed E-state index contributed by atoms with van der Waals surface area (Å²) in [7, 11) is 0. The normalized spacial score (nSPS) is 12.9. The maximum Gasteiger partial charge on any atom is 0.306 e. The van der Waals surface area contributed by atoms with Gasteiger partial charge in [-0.15, -0.1) is 0 Å². The van der Waals surface area contributed by atoms with Gasteiger partial charge in [0.25, 0.3) is 0 Å². The largest absolute Gasteiger partial charge is 0.462 e. The molecule has 0 aliphatic heterocycles. The first kappa shape index (κ1) is 71.4. The highest BCUT2D eigenvalue weighted by molar-refractivity contribution is 5.71. The minimum atomic E-state index is -0.765. The molecule has 0 N–H and O–H groups in total. The quantitative estimate of drug-likeness (QED) is 0.0343. The molecule has 0 fully saturated rings. The van der Waals surface area contributed by atoms with Gasteiger partial charge < -0.3 is 14.2 Å². The van der Waals surface area contributed by atoms with Crippen LogP contribution in [0.2, 0.25) is 0 Å². The fourth-order valence-electron chi connectivity index (χ4n) is 10.3. The van der Waals surface area contributed by atoms with Crippen molar-refractivity contribution in [2.24, 2.45) is 17.8 Å². The van der Waals surface area contributed by atoms with Gasteiger partial charge in [0.15, 0.2) is 6.10 Å². The fourth-order valence-corrected chi connectivity index (χ4v) is 10.3. The molecular formula is C67H130O6. The van der Waals surface area contributed by atoms with Crippen LogP contribution in [-0.2, 0) is 28.6 Å². The molecule has 3 atom stereocenters. The van der Waals surface area contributed by atoms with Gasteiger partial charge in [-0.2, -0.15) is 0 Å². The lowest BCUT2D eigenvalue weighted by Gasteiger charge is -2.18. The number of hydrogen-bond donors (Lipinski definition) is 0. The first-order chi connectivity index (χ1) is 35.7. The molecule has 0 aromatic carbocycles. The van der Waals surface area contributed by atoms with Crippen LogP contribution in [0.5, 0.6) is 0 Å². The van der Waals surface area contributed by atoms with Crippen molar-refractivity contribution in [2.45, 2.75) is 382 Å². The van der Waals surface area contributed by atoms with Crippen LogP contribution in [0, 0.1) is 17.8 Å². The molecule has 6 nitrogen and oxygen atoms in total. The summed E-state index contributed by atoms with van der Waals surface area (Å²) in [5, 5.41) is 0. The van der Waals surface area contributed by atoms with E-state index in [1.165, 1.54) is 257 Å². The Labute approximate surface area is 457 Å². The molecule has 2 unspecified atom stereocenters. The Kier molecular flexibility index (Phi) is 56.8. The molecule has 0 amide bonds. The van der Waals surface area contributed by atoms with E-state index >= 15 is 0 Å². The van der Waals surface area contributed by atoms with Crippen LogP contribution < -0.4 is 0 Å². The second-order valence-electron chi connectivity index (χ2n) is 24.1. The Morgan fingerprint density at radius 3 is 0.712 bits per heavy atom. The first-order valence-electron chi connectivity index (χ1n) is 33.2. The van der Waals surface area contributed by atoms with Gasteiger partial charge in [-0.25, -0.2) is 0 Å². The lowest BCUT2D eigenvalue weighted by atomic mass is 9.99. The van der Waals surface area contributed by atoms with Crippen molar-refractivity contribution in [1.29, 1.82) is 0 Å². The molecular weight excluding hydrogens is 901 g/mol. The van der Waals surface area contributed by atoms with Crippen LogP contribution in [0.1, 0.15) is 375 Å². The molecule has 6 heteroatoms. The molecule has 0 heterocycles. The summed E-state index contributed by atoms with van der Waals surface area (Å²) in [6, 6.07) is 0. The molecule has 0 radical (unpaired) electrons. The molecule has 434 valence electrons. The summed E-state index contributed by atoms with van der Waals surface area (Å²) in [5.41, 5.74) is 0. The average molecular weight is 1030 g/mol. The molecule has 0 spiro atoms. The molecule has 73 heavy (non-hydrogen) atoms. The van der Waals surface area contributed by atoms with E-state index in [1.54, 1.807) is 0 Å². The van der Waals surface area contributed by atoms with Crippen molar-refractivity contribution in [3.05, 3.63) is 0 Å². The maximum atomic E-state index is 12.9. The van der Waals surface area contributed by atoms with Crippen molar-refractivity contribution in [1.82, 2.24) is 0 Å². The summed E-state index contributed by atoms with van der Waals surface area (Å²) in [4.78, 5) is 38.4. The molecule has 0 aromatic heterocycles. The van der Waals surface area contributed by atoms with Crippen LogP contribution in [0.3, 0.4) is 0 Å². The molecule has 0 saturated carbocycles. The van der Waals surface area contributed by atoms with E-state index in [0.29, 0.717) is 19.3 Å². The number of ether oxygens (including phenoxy) is 3. The van der Waals surface area contributed by atoms with E-state index in [9.17, 15) is 14.4 Å². The SMILES string of the molecule is CCC(C)CCCCCCCCCCCCCCCCC(=O)OC[C@@H](COC(=O)CCCCCCCCCCCCCCCCCCC(C)C)OC(=O)CCCCCCCCCCCCCCCCC(C)CC. The molecule has 0 aromatic rings. The van der Waals surface area contributed by atoms with Crippen molar-refractivity contribution >= 4 is 17.9 Å². The highest BCUT2D eigenvalue weighted by Gasteiger charge is 2.20. The molecule has 0 aliphatic rings. The predicted molar refractivity (Wildman–Crippen MR) is 316 cm³/mol. The van der Waals surface area contributed by atoms with Crippen LogP contribution in [0.15, 0.2) is 0 Å². The zero-order chi connectivity index (χ0) is 53.3. The van der Waals surface area contributed by atoms with Crippen molar-refractivity contribution in [3.63, 3.8) is 0 Å². The number of unbranched alkanes of at least 4 members (excludes halogenated alkanes) is 41. The number of rotatable bonds is 60. The standard InChI is InChI=1S/C67H130O6/c1-7-62(5)54-48-42-36-30-24-18-13-15-21-27-33-39-45-51-57-66(69)72-60-64(73-67(70)58-52-46-40-34-28-22-16-14-19-25-31-37-43-49-55-63(6)8-2)59-71-65(68)56-50-44-38-32-26-20-12-10-9-11-17-23-29-35-41-47-53-61(3)4/h61-64H,7-60H2,1-6H3/t62?,63?,64-/m1/s1. The Morgan fingerprint density at radius 2 is 0.479 bits per heavy atom. The van der Waals surface area contributed by atoms with E-state index in [1.807, 2.05) is 0 Å². The molecule has 0 saturated heterocycles. The van der Waals surface area contributed by atoms with Crippen LogP contribution in [-0.4, -0.2) is 37.2 Å². The first-order valence-corrected chi connectivity index (χ1v) is 33.2. The minimum Gasteiger partial charge on any atom is -0.462 e. The zero-order valence-corrected chi connectivity index (χ0v) is 50.4. The monoisotopic (exact) mass is 1030 g/mol. The van der Waals surface area contributed by atoms with Crippen molar-refractivity contribution in [3.8, 4) is 0 Å². The Morgan fingerprint density at radius 1 is 0.274 bits per heavy atom. The van der Waals surface area contributed by atoms with Crippen molar-refractivity contribution in [2.75, 3.05) is 13.2 Å². The third-order valence-electron chi connectivity index (χ3n) is 16.1. The Balaban J connectivity index is 4.30. The second-order valence-corrected chi connectivity index (χ2v) is 24.1. The molecule has 0 bridgehead atoms. The Hall–Kier alpha value is -1.59. The van der Waals surface area contributed by atoms with Crippen LogP contribution in [0.4, 0.5) is 0 Å². The lowest BCUT2D eigenvalue weighted by molar-refractivity contribution is -0.167. The topological polar surface area (TPSA) is 78.9 Å². The van der Waals surface area contributed by atoms with Gasteiger partial charge in [0, 0.05) is 19.3 Å². The van der Waals surface area contributed by atoms with E-state index in [-0.39, 0.29) is 31.1 Å². The second kappa shape index (κ2) is 58.1. The van der Waals surface area contributed by atoms with Gasteiger partial charge in [0.1, 0.15) is 13.2 Å². The third-order valence-corrected chi connectivity index (χ3v) is 16.1. The van der Waals surface area contributed by atoms with Gasteiger partial charge in [-0.1, -0.05) is 337 Å². The van der Waals surface area contributed by atoms with E-state index in [4.69, 9.17) is 14.2 Å². The number of carbonyl (C=O) groups is 3. The van der Waals surface area contributed by atoms with Gasteiger partial charge in [-0.3, -0.25) is 14.4 Å². The van der Waals surface area contributed by atoms with Gasteiger partial charge in [0.05, 0.1) is 0 Å². The van der Waals surface area contributed by atoms with E-state index in [2.05, 4.69) is 41.5 Å². The Bertz CT molecular complexity index is 1140.